The lowest BCUT2D eigenvalue weighted by Crippen LogP contribution is -2.42. The summed E-state index contributed by atoms with van der Waals surface area (Å²) < 4.78 is 3.92. The van der Waals surface area contributed by atoms with Crippen LogP contribution in [0.3, 0.4) is 0 Å². The molecule has 0 saturated heterocycles. The van der Waals surface area contributed by atoms with Gasteiger partial charge in [0.1, 0.15) is 6.07 Å². The monoisotopic (exact) mass is 513 g/mol. The van der Waals surface area contributed by atoms with Crippen molar-refractivity contribution >= 4 is 34.1 Å². The van der Waals surface area contributed by atoms with Crippen molar-refractivity contribution < 1.29 is 0 Å². The number of anilines is 2. The SMILES string of the molecule is Cc1cncc(-n2c(=O)nc(Nc3cc4cn(C)nc4cc3Cl)n(Cc3cc(C#N)cnc3C)c2=O)c1. The fraction of sp³-hybridized carbons (Fsp3) is 0.160. The van der Waals surface area contributed by atoms with Crippen molar-refractivity contribution in [1.82, 2.24) is 33.9 Å². The van der Waals surface area contributed by atoms with Crippen molar-refractivity contribution in [2.45, 2.75) is 20.4 Å². The quantitative estimate of drug-likeness (QED) is 0.378. The van der Waals surface area contributed by atoms with Crippen LogP contribution in [0.25, 0.3) is 16.6 Å². The van der Waals surface area contributed by atoms with Crippen LogP contribution in [0.5, 0.6) is 0 Å². The molecule has 0 aliphatic heterocycles. The highest BCUT2D eigenvalue weighted by Crippen LogP contribution is 2.29. The summed E-state index contributed by atoms with van der Waals surface area (Å²) in [5.41, 5.74) is 2.37. The average molecular weight is 514 g/mol. The van der Waals surface area contributed by atoms with E-state index in [1.165, 1.54) is 17.0 Å². The number of halogens is 1. The molecular formula is C25H20ClN9O2. The van der Waals surface area contributed by atoms with Gasteiger partial charge >= 0.3 is 11.4 Å². The van der Waals surface area contributed by atoms with E-state index in [0.717, 1.165) is 15.5 Å². The number of hydrogen-bond acceptors (Lipinski definition) is 8. The number of nitriles is 1. The highest BCUT2D eigenvalue weighted by molar-refractivity contribution is 6.34. The molecule has 0 radical (unpaired) electrons. The third kappa shape index (κ3) is 4.57. The Hall–Kier alpha value is -4.82. The number of fused-ring (bicyclic) bond motifs is 1. The van der Waals surface area contributed by atoms with Crippen molar-refractivity contribution in [3.63, 3.8) is 0 Å². The minimum absolute atomic E-state index is 0.00516. The molecule has 0 spiro atoms. The van der Waals surface area contributed by atoms with E-state index >= 15 is 0 Å². The first-order valence-corrected chi connectivity index (χ1v) is 11.5. The normalized spacial score (nSPS) is 11.0. The Bertz CT molecular complexity index is 1850. The van der Waals surface area contributed by atoms with Gasteiger partial charge in [0.25, 0.3) is 0 Å². The molecule has 12 heteroatoms. The number of rotatable bonds is 5. The Morgan fingerprint density at radius 1 is 1.11 bits per heavy atom. The van der Waals surface area contributed by atoms with Crippen molar-refractivity contribution in [2.75, 3.05) is 5.32 Å². The summed E-state index contributed by atoms with van der Waals surface area (Å²) in [5.74, 6) is -0.0150. The van der Waals surface area contributed by atoms with Gasteiger partial charge in [-0.25, -0.2) is 14.2 Å². The zero-order valence-electron chi connectivity index (χ0n) is 20.1. The molecule has 0 bridgehead atoms. The maximum Gasteiger partial charge on any atom is 0.359 e. The molecule has 0 aliphatic carbocycles. The number of nitrogens with zero attached hydrogens (tertiary/aromatic N) is 8. The minimum Gasteiger partial charge on any atom is -0.324 e. The Morgan fingerprint density at radius 3 is 2.68 bits per heavy atom. The van der Waals surface area contributed by atoms with E-state index in [0.29, 0.717) is 38.7 Å². The zero-order chi connectivity index (χ0) is 26.3. The Labute approximate surface area is 215 Å². The highest BCUT2D eigenvalue weighted by atomic mass is 35.5. The third-order valence-electron chi connectivity index (χ3n) is 5.79. The minimum atomic E-state index is -0.782. The van der Waals surface area contributed by atoms with Gasteiger partial charge in [-0.05, 0) is 49.2 Å². The lowest BCUT2D eigenvalue weighted by atomic mass is 10.1. The van der Waals surface area contributed by atoms with Gasteiger partial charge in [-0.15, -0.1) is 0 Å². The maximum atomic E-state index is 13.8. The third-order valence-corrected chi connectivity index (χ3v) is 6.11. The summed E-state index contributed by atoms with van der Waals surface area (Å²) in [6, 6.07) is 8.83. The summed E-state index contributed by atoms with van der Waals surface area (Å²) in [6.45, 7) is 3.58. The molecule has 0 atom stereocenters. The molecule has 0 amide bonds. The van der Waals surface area contributed by atoms with Gasteiger partial charge in [-0.1, -0.05) is 11.6 Å². The van der Waals surface area contributed by atoms with Gasteiger partial charge in [0.2, 0.25) is 5.95 Å². The number of pyridine rings is 2. The molecular weight excluding hydrogens is 494 g/mol. The number of benzene rings is 1. The van der Waals surface area contributed by atoms with E-state index in [-0.39, 0.29) is 12.5 Å². The van der Waals surface area contributed by atoms with Crippen LogP contribution >= 0.6 is 11.6 Å². The number of aryl methyl sites for hydroxylation is 3. The Morgan fingerprint density at radius 2 is 1.92 bits per heavy atom. The van der Waals surface area contributed by atoms with E-state index in [1.54, 1.807) is 49.1 Å². The van der Waals surface area contributed by atoms with Crippen LogP contribution in [0.4, 0.5) is 11.6 Å². The molecule has 0 aliphatic rings. The molecule has 37 heavy (non-hydrogen) atoms. The van der Waals surface area contributed by atoms with Gasteiger partial charge in [0.05, 0.1) is 40.2 Å². The van der Waals surface area contributed by atoms with Crippen LogP contribution in [0.2, 0.25) is 5.02 Å². The van der Waals surface area contributed by atoms with E-state index in [4.69, 9.17) is 11.6 Å². The Kier molecular flexibility index (Phi) is 6.02. The van der Waals surface area contributed by atoms with E-state index in [9.17, 15) is 14.9 Å². The standard InChI is InChI=1S/C25H20ClN9O2/c1-14-4-19(11-28-9-14)35-24(36)31-23(30-22-6-18-12-33(3)32-21(18)7-20(22)26)34(25(35)37)13-17-5-16(8-27)10-29-15(17)2/h4-7,9-12H,13H2,1-3H3,(H,30,31,36). The summed E-state index contributed by atoms with van der Waals surface area (Å²) in [6.07, 6.45) is 6.32. The molecule has 1 aromatic carbocycles. The molecule has 5 rings (SSSR count). The fourth-order valence-electron chi connectivity index (χ4n) is 3.97. The molecule has 1 N–H and O–H groups in total. The Balaban J connectivity index is 1.70. The molecule has 0 saturated carbocycles. The molecule has 0 unspecified atom stereocenters. The van der Waals surface area contributed by atoms with E-state index in [2.05, 4.69) is 31.4 Å². The highest BCUT2D eigenvalue weighted by Gasteiger charge is 2.18. The second-order valence-corrected chi connectivity index (χ2v) is 8.95. The first-order chi connectivity index (χ1) is 17.7. The van der Waals surface area contributed by atoms with Gasteiger partial charge in [0, 0.05) is 36.7 Å². The molecule has 0 fully saturated rings. The van der Waals surface area contributed by atoms with Gasteiger partial charge in [-0.2, -0.15) is 15.3 Å². The molecule has 11 nitrogen and oxygen atoms in total. The first-order valence-electron chi connectivity index (χ1n) is 11.1. The van der Waals surface area contributed by atoms with Crippen molar-refractivity contribution in [2.24, 2.45) is 7.05 Å². The molecule has 4 heterocycles. The second kappa shape index (κ2) is 9.33. The second-order valence-electron chi connectivity index (χ2n) is 8.54. The number of nitrogens with one attached hydrogen (secondary N) is 1. The lowest BCUT2D eigenvalue weighted by molar-refractivity contribution is 0.653. The largest absolute Gasteiger partial charge is 0.359 e. The van der Waals surface area contributed by atoms with Crippen LogP contribution < -0.4 is 16.7 Å². The van der Waals surface area contributed by atoms with Gasteiger partial charge < -0.3 is 5.32 Å². The predicted octanol–water partition coefficient (Wildman–Crippen LogP) is 3.00. The topological polar surface area (TPSA) is 136 Å². The van der Waals surface area contributed by atoms with Crippen molar-refractivity contribution in [3.05, 3.63) is 97.4 Å². The number of aromatic nitrogens is 7. The average Bonchev–Trinajstić information content (AvgIpc) is 3.21. The van der Waals surface area contributed by atoms with Crippen LogP contribution in [-0.4, -0.2) is 33.9 Å². The van der Waals surface area contributed by atoms with Gasteiger partial charge in [0.15, 0.2) is 0 Å². The first kappa shape index (κ1) is 23.9. The zero-order valence-corrected chi connectivity index (χ0v) is 20.9. The molecule has 5 aromatic rings. The van der Waals surface area contributed by atoms with Crippen LogP contribution in [-0.2, 0) is 13.6 Å². The van der Waals surface area contributed by atoms with Crippen molar-refractivity contribution in [3.8, 4) is 11.8 Å². The van der Waals surface area contributed by atoms with Gasteiger partial charge in [-0.3, -0.25) is 19.2 Å². The summed E-state index contributed by atoms with van der Waals surface area (Å²) in [4.78, 5) is 39.4. The smallest absolute Gasteiger partial charge is 0.324 e. The summed E-state index contributed by atoms with van der Waals surface area (Å²) in [7, 11) is 1.80. The molecule has 4 aromatic heterocycles. The van der Waals surface area contributed by atoms with Crippen LogP contribution in [0.1, 0.15) is 22.4 Å². The van der Waals surface area contributed by atoms with Crippen LogP contribution in [0.15, 0.2) is 58.6 Å². The van der Waals surface area contributed by atoms with E-state index in [1.807, 2.05) is 13.1 Å². The maximum absolute atomic E-state index is 13.8. The van der Waals surface area contributed by atoms with E-state index < -0.39 is 11.4 Å². The van der Waals surface area contributed by atoms with Crippen LogP contribution in [0, 0.1) is 25.2 Å². The summed E-state index contributed by atoms with van der Waals surface area (Å²) >= 11 is 6.50. The van der Waals surface area contributed by atoms with Crippen molar-refractivity contribution in [1.29, 1.82) is 5.26 Å². The lowest BCUT2D eigenvalue weighted by Gasteiger charge is -2.17. The predicted molar refractivity (Wildman–Crippen MR) is 138 cm³/mol. The fourth-order valence-corrected chi connectivity index (χ4v) is 4.18. The molecule has 184 valence electrons. The number of hydrogen-bond donors (Lipinski definition) is 1. The summed E-state index contributed by atoms with van der Waals surface area (Å²) in [5, 5.41) is 17.9.